The Bertz CT molecular complexity index is 1140. The quantitative estimate of drug-likeness (QED) is 0.428. The minimum atomic E-state index is -5.18. The number of aromatic nitrogens is 2. The van der Waals surface area contributed by atoms with Crippen LogP contribution < -0.4 is 0 Å². The summed E-state index contributed by atoms with van der Waals surface area (Å²) < 4.78 is 112. The molecule has 0 amide bonds. The fourth-order valence-corrected chi connectivity index (χ4v) is 5.31. The molecule has 2 aromatic rings. The third kappa shape index (κ3) is 5.22. The lowest BCUT2D eigenvalue weighted by molar-refractivity contribution is -0.143. The third-order valence-corrected chi connectivity index (χ3v) is 7.51. The molecule has 34 heavy (non-hydrogen) atoms. The van der Waals surface area contributed by atoms with Gasteiger partial charge in [0.1, 0.15) is 0 Å². The van der Waals surface area contributed by atoms with Crippen molar-refractivity contribution in [3.05, 3.63) is 46.8 Å². The van der Waals surface area contributed by atoms with E-state index in [0.717, 1.165) is 11.4 Å². The van der Waals surface area contributed by atoms with Crippen molar-refractivity contribution in [3.63, 3.8) is 0 Å². The van der Waals surface area contributed by atoms with E-state index in [2.05, 4.69) is 9.84 Å². The molecule has 14 heteroatoms. The van der Waals surface area contributed by atoms with Gasteiger partial charge in [-0.2, -0.15) is 35.7 Å². The minimum Gasteiger partial charge on any atom is -0.469 e. The topological polar surface area (TPSA) is 81.5 Å². The van der Waals surface area contributed by atoms with E-state index >= 15 is 0 Å². The largest absolute Gasteiger partial charge is 0.469 e. The first kappa shape index (κ1) is 26.0. The van der Waals surface area contributed by atoms with Crippen LogP contribution in [0.25, 0.3) is 0 Å². The van der Waals surface area contributed by atoms with Crippen LogP contribution >= 0.6 is 0 Å². The van der Waals surface area contributed by atoms with Crippen LogP contribution in [0.5, 0.6) is 0 Å². The molecule has 0 saturated carbocycles. The average Bonchev–Trinajstić information content (AvgIpc) is 3.18. The van der Waals surface area contributed by atoms with Crippen LogP contribution in [0.4, 0.5) is 26.3 Å². The number of carbonyl (C=O) groups is 1. The predicted octanol–water partition coefficient (Wildman–Crippen LogP) is 4.18. The summed E-state index contributed by atoms with van der Waals surface area (Å²) in [6.07, 6.45) is -7.63. The SMILES string of the molecule is COC(=O)CCn1ncc2c1CCCC2N(C)S(=O)(=O)c1cc(C(F)(F)F)cc(C(F)(F)F)c1. The van der Waals surface area contributed by atoms with Crippen LogP contribution in [0.2, 0.25) is 0 Å². The molecule has 1 aliphatic carbocycles. The number of hydrogen-bond donors (Lipinski definition) is 0. The average molecular weight is 513 g/mol. The zero-order chi connectivity index (χ0) is 25.5. The van der Waals surface area contributed by atoms with E-state index in [9.17, 15) is 39.6 Å². The second-order valence-electron chi connectivity index (χ2n) is 7.77. The number of sulfonamides is 1. The maximum absolute atomic E-state index is 13.2. The van der Waals surface area contributed by atoms with Crippen molar-refractivity contribution in [2.75, 3.05) is 14.2 Å². The summed E-state index contributed by atoms with van der Waals surface area (Å²) in [4.78, 5) is 10.3. The molecule has 7 nitrogen and oxygen atoms in total. The summed E-state index contributed by atoms with van der Waals surface area (Å²) in [6.45, 7) is 0.174. The number of nitrogens with zero attached hydrogens (tertiary/aromatic N) is 3. The van der Waals surface area contributed by atoms with Gasteiger partial charge in [0.05, 0.1) is 48.3 Å². The summed E-state index contributed by atoms with van der Waals surface area (Å²) in [5.41, 5.74) is -2.31. The summed E-state index contributed by atoms with van der Waals surface area (Å²) in [5, 5.41) is 4.17. The molecule has 1 atom stereocenters. The third-order valence-electron chi connectivity index (χ3n) is 5.66. The normalized spacial score (nSPS) is 17.0. The van der Waals surface area contributed by atoms with Crippen molar-refractivity contribution in [1.82, 2.24) is 14.1 Å². The molecular weight excluding hydrogens is 492 g/mol. The van der Waals surface area contributed by atoms with Gasteiger partial charge < -0.3 is 4.74 Å². The highest BCUT2D eigenvalue weighted by atomic mass is 32.2. The Morgan fingerprint density at radius 3 is 2.26 bits per heavy atom. The van der Waals surface area contributed by atoms with Gasteiger partial charge in [-0.3, -0.25) is 9.48 Å². The van der Waals surface area contributed by atoms with Crippen molar-refractivity contribution in [3.8, 4) is 0 Å². The highest BCUT2D eigenvalue weighted by molar-refractivity contribution is 7.89. The van der Waals surface area contributed by atoms with Gasteiger partial charge >= 0.3 is 18.3 Å². The molecule has 0 bridgehead atoms. The number of halogens is 6. The van der Waals surface area contributed by atoms with Crippen molar-refractivity contribution in [1.29, 1.82) is 0 Å². The van der Waals surface area contributed by atoms with E-state index in [1.807, 2.05) is 0 Å². The Balaban J connectivity index is 1.99. The molecule has 1 aromatic heterocycles. The van der Waals surface area contributed by atoms with Crippen molar-refractivity contribution < 1.29 is 44.3 Å². The molecule has 1 heterocycles. The Morgan fingerprint density at radius 1 is 1.15 bits per heavy atom. The first-order valence-corrected chi connectivity index (χ1v) is 11.5. The maximum atomic E-state index is 13.2. The molecule has 1 aliphatic rings. The van der Waals surface area contributed by atoms with E-state index in [1.165, 1.54) is 18.0 Å². The molecule has 1 aromatic carbocycles. The van der Waals surface area contributed by atoms with Crippen molar-refractivity contribution >= 4 is 16.0 Å². The van der Waals surface area contributed by atoms with Gasteiger partial charge in [-0.1, -0.05) is 0 Å². The number of rotatable bonds is 6. The predicted molar refractivity (Wildman–Crippen MR) is 106 cm³/mol. The lowest BCUT2D eigenvalue weighted by atomic mass is 9.93. The number of alkyl halides is 6. The van der Waals surface area contributed by atoms with Crippen LogP contribution in [0.15, 0.2) is 29.3 Å². The Labute approximate surface area is 191 Å². The lowest BCUT2D eigenvalue weighted by Crippen LogP contribution is -2.33. The molecule has 188 valence electrons. The minimum absolute atomic E-state index is 0.0217. The molecule has 0 aliphatic heterocycles. The van der Waals surface area contributed by atoms with Crippen LogP contribution in [0.1, 0.15) is 47.7 Å². The highest BCUT2D eigenvalue weighted by Crippen LogP contribution is 2.40. The lowest BCUT2D eigenvalue weighted by Gasteiger charge is -2.31. The fraction of sp³-hybridized carbons (Fsp3) is 0.500. The van der Waals surface area contributed by atoms with Gasteiger partial charge in [-0.05, 0) is 37.5 Å². The zero-order valence-electron chi connectivity index (χ0n) is 18.1. The Hall–Kier alpha value is -2.61. The number of carbonyl (C=O) groups excluding carboxylic acids is 1. The number of esters is 1. The van der Waals surface area contributed by atoms with E-state index in [4.69, 9.17) is 0 Å². The van der Waals surface area contributed by atoms with E-state index in [1.54, 1.807) is 0 Å². The number of aryl methyl sites for hydroxylation is 1. The molecular formula is C20H21F6N3O4S. The number of benzene rings is 1. The summed E-state index contributed by atoms with van der Waals surface area (Å²) in [6, 6.07) is -0.581. The van der Waals surface area contributed by atoms with E-state index in [0.29, 0.717) is 24.1 Å². The van der Waals surface area contributed by atoms with Crippen LogP contribution in [0, 0.1) is 0 Å². The van der Waals surface area contributed by atoms with Gasteiger partial charge in [-0.25, -0.2) is 8.42 Å². The van der Waals surface area contributed by atoms with Gasteiger partial charge in [0.2, 0.25) is 10.0 Å². The molecule has 1 unspecified atom stereocenters. The smallest absolute Gasteiger partial charge is 0.416 e. The second kappa shape index (κ2) is 9.21. The summed E-state index contributed by atoms with van der Waals surface area (Å²) in [7, 11) is -2.41. The van der Waals surface area contributed by atoms with Gasteiger partial charge in [0.15, 0.2) is 0 Å². The van der Waals surface area contributed by atoms with Gasteiger partial charge in [-0.15, -0.1) is 0 Å². The van der Waals surface area contributed by atoms with Gasteiger partial charge in [0.25, 0.3) is 0 Å². The van der Waals surface area contributed by atoms with E-state index < -0.39 is 50.4 Å². The summed E-state index contributed by atoms with van der Waals surface area (Å²) >= 11 is 0. The molecule has 3 rings (SSSR count). The number of fused-ring (bicyclic) bond motifs is 1. The monoisotopic (exact) mass is 513 g/mol. The highest BCUT2D eigenvalue weighted by Gasteiger charge is 2.40. The van der Waals surface area contributed by atoms with Crippen LogP contribution in [-0.2, 0) is 44.9 Å². The maximum Gasteiger partial charge on any atom is 0.416 e. The van der Waals surface area contributed by atoms with Crippen LogP contribution in [0.3, 0.4) is 0 Å². The van der Waals surface area contributed by atoms with Crippen molar-refractivity contribution in [2.45, 2.75) is 55.5 Å². The number of ether oxygens (including phenoxy) is 1. The zero-order valence-corrected chi connectivity index (χ0v) is 18.9. The standard InChI is InChI=1S/C20H21F6N3O4S/c1-28(16-4-3-5-17-15(16)11-27-29(17)7-6-18(30)33-2)34(31,32)14-9-12(19(21,22)23)8-13(10-14)20(24,25)26/h8-11,16H,3-7H2,1-2H3. The van der Waals surface area contributed by atoms with Gasteiger partial charge in [0, 0.05) is 18.3 Å². The Kier molecular flexibility index (Phi) is 7.04. The number of hydrogen-bond acceptors (Lipinski definition) is 5. The van der Waals surface area contributed by atoms with Crippen LogP contribution in [-0.4, -0.2) is 42.6 Å². The molecule has 0 saturated heterocycles. The molecule has 0 fully saturated rings. The van der Waals surface area contributed by atoms with Crippen molar-refractivity contribution in [2.24, 2.45) is 0 Å². The first-order valence-electron chi connectivity index (χ1n) is 10.0. The molecule has 0 radical (unpaired) electrons. The first-order chi connectivity index (χ1) is 15.7. The van der Waals surface area contributed by atoms with E-state index in [-0.39, 0.29) is 37.6 Å². The second-order valence-corrected chi connectivity index (χ2v) is 9.76. The Morgan fingerprint density at radius 2 is 1.74 bits per heavy atom. The summed E-state index contributed by atoms with van der Waals surface area (Å²) in [5.74, 6) is -0.471. The molecule has 0 spiro atoms. The number of methoxy groups -OCH3 is 1. The fourth-order valence-electron chi connectivity index (χ4n) is 3.87. The molecule has 0 N–H and O–H groups in total.